The van der Waals surface area contributed by atoms with E-state index in [1.54, 1.807) is 20.1 Å². The van der Waals surface area contributed by atoms with E-state index < -0.39 is 4.92 Å². The van der Waals surface area contributed by atoms with Gasteiger partial charge in [-0.2, -0.15) is 0 Å². The van der Waals surface area contributed by atoms with Gasteiger partial charge in [-0.15, -0.1) is 0 Å². The topological polar surface area (TPSA) is 90.7 Å². The van der Waals surface area contributed by atoms with Crippen molar-refractivity contribution in [3.8, 4) is 0 Å². The summed E-state index contributed by atoms with van der Waals surface area (Å²) < 4.78 is 10.5. The predicted octanol–water partition coefficient (Wildman–Crippen LogP) is 2.47. The maximum atomic E-state index is 12.4. The molecule has 0 bridgehead atoms. The van der Waals surface area contributed by atoms with Crippen molar-refractivity contribution in [2.75, 3.05) is 14.2 Å². The number of ether oxygens (including phenoxy) is 2. The van der Waals surface area contributed by atoms with Gasteiger partial charge in [-0.3, -0.25) is 14.9 Å². The number of hydrogen-bond donors (Lipinski definition) is 1. The van der Waals surface area contributed by atoms with Crippen molar-refractivity contribution < 1.29 is 19.2 Å². The molecule has 0 spiro atoms. The quantitative estimate of drug-likeness (QED) is 0.665. The van der Waals surface area contributed by atoms with Gasteiger partial charge in [0, 0.05) is 30.7 Å². The summed E-state index contributed by atoms with van der Waals surface area (Å²) in [6.45, 7) is 1.60. The van der Waals surface area contributed by atoms with Crippen LogP contribution in [0.1, 0.15) is 22.3 Å². The molecule has 1 aromatic carbocycles. The highest BCUT2D eigenvalue weighted by Crippen LogP contribution is 2.22. The number of rotatable bonds is 5. The van der Waals surface area contributed by atoms with Crippen molar-refractivity contribution in [1.82, 2.24) is 5.32 Å². The second-order valence-electron chi connectivity index (χ2n) is 5.10. The van der Waals surface area contributed by atoms with E-state index in [1.807, 2.05) is 6.08 Å². The first-order valence-electron chi connectivity index (χ1n) is 7.00. The monoisotopic (exact) mass is 318 g/mol. The Morgan fingerprint density at radius 3 is 2.70 bits per heavy atom. The standard InChI is InChI=1S/C16H18N2O5/c1-10-8-11(4-6-14(10)18(20)21)16(19)17-13-9-12(22-2)5-7-15(13)23-3/h4-8,12H,9H2,1-3H3,(H,17,19). The average molecular weight is 318 g/mol. The normalized spacial score (nSPS) is 17.1. The Kier molecular flexibility index (Phi) is 5.13. The van der Waals surface area contributed by atoms with Gasteiger partial charge in [-0.05, 0) is 25.1 Å². The van der Waals surface area contributed by atoms with Crippen LogP contribution in [-0.4, -0.2) is 31.2 Å². The number of hydrogen-bond acceptors (Lipinski definition) is 5. The summed E-state index contributed by atoms with van der Waals surface area (Å²) in [5.74, 6) is 0.211. The molecule has 1 amide bonds. The lowest BCUT2D eigenvalue weighted by atomic mass is 10.1. The number of carbonyl (C=O) groups excluding carboxylic acids is 1. The SMILES string of the molecule is COC1=C(NC(=O)c2ccc([N+](=O)[O-])c(C)c2)CC(OC)C=C1. The van der Waals surface area contributed by atoms with E-state index in [9.17, 15) is 14.9 Å². The van der Waals surface area contributed by atoms with Gasteiger partial charge < -0.3 is 14.8 Å². The largest absolute Gasteiger partial charge is 0.495 e. The Morgan fingerprint density at radius 1 is 1.39 bits per heavy atom. The lowest BCUT2D eigenvalue weighted by Crippen LogP contribution is -2.28. The molecule has 0 aromatic heterocycles. The minimum Gasteiger partial charge on any atom is -0.495 e. The van der Waals surface area contributed by atoms with Crippen LogP contribution in [0, 0.1) is 17.0 Å². The highest BCUT2D eigenvalue weighted by Gasteiger charge is 2.20. The van der Waals surface area contributed by atoms with Gasteiger partial charge in [0.2, 0.25) is 0 Å². The fraction of sp³-hybridized carbons (Fsp3) is 0.312. The maximum absolute atomic E-state index is 12.4. The molecule has 0 heterocycles. The molecule has 1 aliphatic rings. The van der Waals surface area contributed by atoms with E-state index in [2.05, 4.69) is 5.32 Å². The van der Waals surface area contributed by atoms with Crippen molar-refractivity contribution in [2.45, 2.75) is 19.4 Å². The number of carbonyl (C=O) groups is 1. The molecule has 7 heteroatoms. The summed E-state index contributed by atoms with van der Waals surface area (Å²) >= 11 is 0. The highest BCUT2D eigenvalue weighted by molar-refractivity contribution is 5.95. The Morgan fingerprint density at radius 2 is 2.13 bits per heavy atom. The minimum atomic E-state index is -0.475. The second-order valence-corrected chi connectivity index (χ2v) is 5.10. The van der Waals surface area contributed by atoms with Crippen LogP contribution in [0.5, 0.6) is 0 Å². The minimum absolute atomic E-state index is 0.0154. The van der Waals surface area contributed by atoms with Crippen molar-refractivity contribution >= 4 is 11.6 Å². The number of allylic oxidation sites excluding steroid dienone is 1. The third kappa shape index (κ3) is 3.75. The summed E-state index contributed by atoms with van der Waals surface area (Å²) in [5, 5.41) is 13.6. The summed E-state index contributed by atoms with van der Waals surface area (Å²) in [7, 11) is 3.11. The molecule has 1 atom stereocenters. The van der Waals surface area contributed by atoms with Gasteiger partial charge in [0.1, 0.15) is 5.76 Å². The Balaban J connectivity index is 2.21. The van der Waals surface area contributed by atoms with Gasteiger partial charge in [-0.25, -0.2) is 0 Å². The van der Waals surface area contributed by atoms with Gasteiger partial charge in [0.25, 0.3) is 11.6 Å². The molecule has 0 saturated heterocycles. The number of nitro groups is 1. The fourth-order valence-corrected chi connectivity index (χ4v) is 2.34. The van der Waals surface area contributed by atoms with Crippen molar-refractivity contribution in [3.63, 3.8) is 0 Å². The molecular weight excluding hydrogens is 300 g/mol. The maximum Gasteiger partial charge on any atom is 0.272 e. The number of amides is 1. The Bertz CT molecular complexity index is 694. The molecule has 122 valence electrons. The molecule has 2 rings (SSSR count). The summed E-state index contributed by atoms with van der Waals surface area (Å²) in [6.07, 6.45) is 3.94. The molecule has 0 fully saturated rings. The van der Waals surface area contributed by atoms with Crippen molar-refractivity contribution in [2.24, 2.45) is 0 Å². The third-order valence-corrected chi connectivity index (χ3v) is 3.61. The van der Waals surface area contributed by atoms with Crippen LogP contribution in [0.25, 0.3) is 0 Å². The molecule has 7 nitrogen and oxygen atoms in total. The lowest BCUT2D eigenvalue weighted by molar-refractivity contribution is -0.385. The Labute approximate surface area is 133 Å². The summed E-state index contributed by atoms with van der Waals surface area (Å²) in [6, 6.07) is 4.25. The number of benzene rings is 1. The first-order chi connectivity index (χ1) is 11.0. The molecule has 1 aromatic rings. The van der Waals surface area contributed by atoms with E-state index in [4.69, 9.17) is 9.47 Å². The zero-order valence-electron chi connectivity index (χ0n) is 13.2. The summed E-state index contributed by atoms with van der Waals surface area (Å²) in [4.78, 5) is 22.7. The number of aryl methyl sites for hydroxylation is 1. The smallest absolute Gasteiger partial charge is 0.272 e. The first-order valence-corrected chi connectivity index (χ1v) is 7.00. The van der Waals surface area contributed by atoms with Crippen LogP contribution in [0.3, 0.4) is 0 Å². The average Bonchev–Trinajstić information content (AvgIpc) is 2.54. The Hall–Kier alpha value is -2.67. The highest BCUT2D eigenvalue weighted by atomic mass is 16.6. The van der Waals surface area contributed by atoms with Crippen LogP contribution in [0.2, 0.25) is 0 Å². The third-order valence-electron chi connectivity index (χ3n) is 3.61. The van der Waals surface area contributed by atoms with Crippen molar-refractivity contribution in [1.29, 1.82) is 0 Å². The first kappa shape index (κ1) is 16.7. The van der Waals surface area contributed by atoms with Gasteiger partial charge >= 0.3 is 0 Å². The molecule has 1 unspecified atom stereocenters. The van der Waals surface area contributed by atoms with Gasteiger partial charge in [0.15, 0.2) is 0 Å². The van der Waals surface area contributed by atoms with Crippen LogP contribution in [0.4, 0.5) is 5.69 Å². The van der Waals surface area contributed by atoms with E-state index in [1.165, 1.54) is 25.3 Å². The number of methoxy groups -OCH3 is 2. The van der Waals surface area contributed by atoms with Crippen molar-refractivity contribution in [3.05, 3.63) is 63.0 Å². The van der Waals surface area contributed by atoms with Crippen LogP contribution in [-0.2, 0) is 9.47 Å². The van der Waals surface area contributed by atoms with Crippen LogP contribution < -0.4 is 5.32 Å². The second kappa shape index (κ2) is 7.06. The number of nitrogens with one attached hydrogen (secondary N) is 1. The van der Waals surface area contributed by atoms with Crippen LogP contribution in [0.15, 0.2) is 41.8 Å². The molecule has 0 saturated carbocycles. The van der Waals surface area contributed by atoms with E-state index in [0.29, 0.717) is 29.0 Å². The lowest BCUT2D eigenvalue weighted by Gasteiger charge is -2.21. The predicted molar refractivity (Wildman–Crippen MR) is 83.9 cm³/mol. The zero-order chi connectivity index (χ0) is 17.0. The zero-order valence-corrected chi connectivity index (χ0v) is 13.2. The molecule has 0 radical (unpaired) electrons. The van der Waals surface area contributed by atoms with E-state index in [-0.39, 0.29) is 17.7 Å². The summed E-state index contributed by atoms with van der Waals surface area (Å²) in [5.41, 5.74) is 1.38. The van der Waals surface area contributed by atoms with Gasteiger partial charge in [-0.1, -0.05) is 6.08 Å². The molecule has 0 aliphatic heterocycles. The molecular formula is C16H18N2O5. The van der Waals surface area contributed by atoms with Crippen LogP contribution >= 0.6 is 0 Å². The molecule has 23 heavy (non-hydrogen) atoms. The fourth-order valence-electron chi connectivity index (χ4n) is 2.34. The molecule has 1 aliphatic carbocycles. The molecule has 1 N–H and O–H groups in total. The number of nitrogens with zero attached hydrogens (tertiary/aromatic N) is 1. The van der Waals surface area contributed by atoms with E-state index in [0.717, 1.165) is 0 Å². The van der Waals surface area contributed by atoms with E-state index >= 15 is 0 Å². The number of nitro benzene ring substituents is 1. The van der Waals surface area contributed by atoms with Gasteiger partial charge in [0.05, 0.1) is 23.8 Å².